The van der Waals surface area contributed by atoms with Crippen LogP contribution in [0, 0.1) is 0 Å². The zero-order valence-electron chi connectivity index (χ0n) is 33.1. The van der Waals surface area contributed by atoms with Crippen LogP contribution in [0.1, 0.15) is 90.4 Å². The molecule has 304 valence electrons. The van der Waals surface area contributed by atoms with Crippen LogP contribution in [0.15, 0.2) is 176 Å². The highest BCUT2D eigenvalue weighted by atomic mass is 16.3. The molecule has 0 aliphatic heterocycles. The van der Waals surface area contributed by atoms with Gasteiger partial charge in [-0.3, -0.25) is 0 Å². The molecular weight excluding hydrogens is 765 g/mol. The predicted octanol–water partition coefficient (Wildman–Crippen LogP) is 10.3. The number of benzene rings is 8. The Morgan fingerprint density at radius 2 is 0.475 bits per heavy atom. The number of rotatable bonds is 4. The van der Waals surface area contributed by atoms with Crippen molar-refractivity contribution < 1.29 is 40.9 Å². The Morgan fingerprint density at radius 3 is 0.770 bits per heavy atom. The van der Waals surface area contributed by atoms with E-state index in [2.05, 4.69) is 0 Å². The van der Waals surface area contributed by atoms with E-state index in [-0.39, 0.29) is 40.2 Å². The third kappa shape index (κ3) is 7.45. The molecule has 0 radical (unpaired) electrons. The number of aliphatic hydroxyl groups is 1. The van der Waals surface area contributed by atoms with Crippen molar-refractivity contribution >= 4 is 0 Å². The van der Waals surface area contributed by atoms with Crippen molar-refractivity contribution in [2.45, 2.75) is 23.7 Å². The second-order valence-corrected chi connectivity index (χ2v) is 15.1. The molecule has 8 nitrogen and oxygen atoms in total. The molecule has 0 aromatic heterocycles. The minimum Gasteiger partial charge on any atom is -0.508 e. The van der Waals surface area contributed by atoms with Crippen molar-refractivity contribution in [2.24, 2.45) is 0 Å². The topological polar surface area (TPSA) is 162 Å². The fraction of sp³-hybridized carbons (Fsp3) is 0.0943. The molecule has 0 fully saturated rings. The summed E-state index contributed by atoms with van der Waals surface area (Å²) >= 11 is 0. The van der Waals surface area contributed by atoms with Gasteiger partial charge in [-0.2, -0.15) is 0 Å². The average Bonchev–Trinajstić information content (AvgIpc) is 3.28. The summed E-state index contributed by atoms with van der Waals surface area (Å²) in [5, 5.41) is 89.9. The number of aliphatic hydroxyl groups excluding tert-OH is 1. The molecule has 0 heterocycles. The molecule has 0 spiro atoms. The Kier molecular flexibility index (Phi) is 11.1. The second-order valence-electron chi connectivity index (χ2n) is 15.1. The molecule has 8 aromatic carbocycles. The molecule has 1 aliphatic carbocycles. The molecule has 61 heavy (non-hydrogen) atoms. The largest absolute Gasteiger partial charge is 0.508 e. The van der Waals surface area contributed by atoms with Crippen LogP contribution in [0.2, 0.25) is 0 Å². The van der Waals surface area contributed by atoms with E-state index in [1.165, 1.54) is 18.2 Å². The Morgan fingerprint density at radius 1 is 0.230 bits per heavy atom. The Balaban J connectivity index is 0.00000253. The molecule has 0 amide bonds. The van der Waals surface area contributed by atoms with Crippen LogP contribution in [0.5, 0.6) is 40.2 Å². The quantitative estimate of drug-likeness (QED) is 0.0872. The highest BCUT2D eigenvalue weighted by Crippen LogP contribution is 2.52. The molecule has 8 bridgehead atoms. The minimum atomic E-state index is -0.845. The lowest BCUT2D eigenvalue weighted by molar-refractivity contribution is 0.399. The first kappa shape index (κ1) is 40.1. The van der Waals surface area contributed by atoms with E-state index < -0.39 is 23.7 Å². The summed E-state index contributed by atoms with van der Waals surface area (Å²) in [4.78, 5) is 0. The van der Waals surface area contributed by atoms with E-state index in [0.29, 0.717) is 55.6 Å². The number of hydrogen-bond acceptors (Lipinski definition) is 8. The van der Waals surface area contributed by atoms with Gasteiger partial charge in [-0.1, -0.05) is 133 Å². The summed E-state index contributed by atoms with van der Waals surface area (Å²) in [6.07, 6.45) is 0. The standard InChI is InChI=1S/C52H40O7.CH4O/c53-42-22-21-34-23-35(42)50(31-15-7-2-8-16-31)38-25-39(46(57)28-45(38)56)52(33-19-11-4-12-20-33)41-26-40(47(58)29-48(41)59)51(32-17-9-3-10-18-32)37-24-36(43(54)27-44(37)55)49(34)30-13-5-1-6-14-30;1-2/h1-29,49-59H;2H,1H3. The Labute approximate surface area is 353 Å². The molecular formula is C53H44O8. The van der Waals surface area contributed by atoms with E-state index >= 15 is 0 Å². The average molecular weight is 809 g/mol. The molecule has 0 saturated carbocycles. The number of aromatic hydroxyl groups is 7. The summed E-state index contributed by atoms with van der Waals surface area (Å²) in [6.45, 7) is 0. The van der Waals surface area contributed by atoms with Gasteiger partial charge >= 0.3 is 0 Å². The summed E-state index contributed by atoms with van der Waals surface area (Å²) in [5.41, 5.74) is 6.42. The van der Waals surface area contributed by atoms with Crippen LogP contribution in [-0.4, -0.2) is 48.0 Å². The fourth-order valence-electron chi connectivity index (χ4n) is 8.92. The highest BCUT2D eigenvalue weighted by Gasteiger charge is 2.34. The number of phenols is 7. The summed E-state index contributed by atoms with van der Waals surface area (Å²) < 4.78 is 0. The minimum absolute atomic E-state index is 0.0373. The van der Waals surface area contributed by atoms with Crippen molar-refractivity contribution in [3.8, 4) is 40.2 Å². The number of hydrogen-bond donors (Lipinski definition) is 8. The van der Waals surface area contributed by atoms with Crippen LogP contribution >= 0.6 is 0 Å². The lowest BCUT2D eigenvalue weighted by atomic mass is 9.75. The smallest absolute Gasteiger partial charge is 0.123 e. The van der Waals surface area contributed by atoms with E-state index in [9.17, 15) is 35.7 Å². The van der Waals surface area contributed by atoms with Gasteiger partial charge in [-0.05, 0) is 52.1 Å². The van der Waals surface area contributed by atoms with Crippen molar-refractivity contribution in [1.82, 2.24) is 0 Å². The van der Waals surface area contributed by atoms with Gasteiger partial charge in [0.05, 0.1) is 0 Å². The predicted molar refractivity (Wildman–Crippen MR) is 235 cm³/mol. The third-order valence-electron chi connectivity index (χ3n) is 11.6. The van der Waals surface area contributed by atoms with Gasteiger partial charge in [0.15, 0.2) is 0 Å². The van der Waals surface area contributed by atoms with Crippen molar-refractivity contribution in [3.05, 3.63) is 243 Å². The number of phenolic OH excluding ortho intramolecular Hbond substituents is 7. The van der Waals surface area contributed by atoms with E-state index in [4.69, 9.17) is 5.11 Å². The second kappa shape index (κ2) is 16.9. The first-order valence-corrected chi connectivity index (χ1v) is 19.8. The molecule has 9 rings (SSSR count). The van der Waals surface area contributed by atoms with Crippen LogP contribution in [0.25, 0.3) is 0 Å². The van der Waals surface area contributed by atoms with E-state index in [0.717, 1.165) is 18.2 Å². The van der Waals surface area contributed by atoms with Gasteiger partial charge in [0, 0.05) is 87.9 Å². The lowest BCUT2D eigenvalue weighted by Crippen LogP contribution is -2.12. The summed E-state index contributed by atoms with van der Waals surface area (Å²) in [6, 6.07) is 52.1. The summed E-state index contributed by atoms with van der Waals surface area (Å²) in [5.74, 6) is -4.40. The molecule has 4 atom stereocenters. The van der Waals surface area contributed by atoms with Gasteiger partial charge in [0.1, 0.15) is 40.2 Å². The summed E-state index contributed by atoms with van der Waals surface area (Å²) in [7, 11) is 1.00. The lowest BCUT2D eigenvalue weighted by Gasteiger charge is -2.29. The van der Waals surface area contributed by atoms with Gasteiger partial charge < -0.3 is 40.9 Å². The molecule has 1 aliphatic rings. The maximum Gasteiger partial charge on any atom is 0.123 e. The van der Waals surface area contributed by atoms with Crippen LogP contribution in [-0.2, 0) is 0 Å². The highest BCUT2D eigenvalue weighted by molar-refractivity contribution is 5.66. The van der Waals surface area contributed by atoms with Gasteiger partial charge in [-0.25, -0.2) is 0 Å². The number of fused-ring (bicyclic) bond motifs is 8. The third-order valence-corrected chi connectivity index (χ3v) is 11.6. The van der Waals surface area contributed by atoms with Crippen LogP contribution in [0.4, 0.5) is 0 Å². The fourth-order valence-corrected chi connectivity index (χ4v) is 8.92. The monoisotopic (exact) mass is 808 g/mol. The van der Waals surface area contributed by atoms with Crippen molar-refractivity contribution in [3.63, 3.8) is 0 Å². The Hall–Kier alpha value is -7.68. The van der Waals surface area contributed by atoms with Crippen LogP contribution < -0.4 is 0 Å². The van der Waals surface area contributed by atoms with E-state index in [1.54, 1.807) is 30.3 Å². The van der Waals surface area contributed by atoms with Crippen molar-refractivity contribution in [2.75, 3.05) is 7.11 Å². The normalized spacial score (nSPS) is 16.8. The van der Waals surface area contributed by atoms with Gasteiger partial charge in [-0.15, -0.1) is 0 Å². The molecule has 0 saturated heterocycles. The first-order chi connectivity index (χ1) is 29.7. The maximum atomic E-state index is 11.8. The van der Waals surface area contributed by atoms with Gasteiger partial charge in [0.2, 0.25) is 0 Å². The zero-order chi connectivity index (χ0) is 42.8. The Bertz CT molecular complexity index is 2810. The molecule has 4 unspecified atom stereocenters. The maximum absolute atomic E-state index is 11.8. The van der Waals surface area contributed by atoms with E-state index in [1.807, 2.05) is 127 Å². The SMILES string of the molecule is CO.Oc1cc(O)c2cc1C(c1ccccc1)c1ccc(O)c(c1)C(c1ccccc1)c1cc(c(O)cc1O)C(c1ccccc1)c1cc(c(O)cc1O)C2c1ccccc1. The molecule has 8 heteroatoms. The van der Waals surface area contributed by atoms with Crippen molar-refractivity contribution in [1.29, 1.82) is 0 Å². The van der Waals surface area contributed by atoms with Crippen LogP contribution in [0.3, 0.4) is 0 Å². The first-order valence-electron chi connectivity index (χ1n) is 19.8. The molecule has 8 aromatic rings. The molecule has 8 N–H and O–H groups in total. The van der Waals surface area contributed by atoms with Gasteiger partial charge in [0.25, 0.3) is 0 Å². The zero-order valence-corrected chi connectivity index (χ0v) is 33.1.